The molecule has 2 rings (SSSR count). The number of hydrogen-bond acceptors (Lipinski definition) is 2. The van der Waals surface area contributed by atoms with E-state index in [9.17, 15) is 8.78 Å². The Hall–Kier alpha value is -1.94. The lowest BCUT2D eigenvalue weighted by Gasteiger charge is -2.15. The molecule has 0 radical (unpaired) electrons. The number of rotatable bonds is 3. The number of benzene rings is 2. The topological polar surface area (TPSA) is 35.2 Å². The first kappa shape index (κ1) is 13.5. The van der Waals surface area contributed by atoms with E-state index in [0.717, 1.165) is 5.56 Å². The Morgan fingerprint density at radius 2 is 1.89 bits per heavy atom. The molecular formula is C15H15F2NO. The number of halogens is 2. The number of aryl methyl sites for hydroxylation is 1. The van der Waals surface area contributed by atoms with Gasteiger partial charge in [-0.15, -0.1) is 0 Å². The lowest BCUT2D eigenvalue weighted by atomic mass is 10.1. The summed E-state index contributed by atoms with van der Waals surface area (Å²) >= 11 is 0. The molecule has 0 amide bonds. The van der Waals surface area contributed by atoms with E-state index in [1.807, 2.05) is 0 Å². The van der Waals surface area contributed by atoms with Gasteiger partial charge in [-0.3, -0.25) is 0 Å². The molecule has 0 unspecified atom stereocenters. The molecule has 1 atom stereocenters. The smallest absolute Gasteiger partial charge is 0.167 e. The van der Waals surface area contributed by atoms with Gasteiger partial charge in [0, 0.05) is 17.7 Å². The monoisotopic (exact) mass is 263 g/mol. The van der Waals surface area contributed by atoms with E-state index in [1.165, 1.54) is 18.2 Å². The molecule has 2 N–H and O–H groups in total. The predicted molar refractivity (Wildman–Crippen MR) is 70.2 cm³/mol. The SMILES string of the molecule is Cc1ccc(F)cc1Oc1c(F)cccc1[C@@H](C)N. The molecule has 0 aliphatic rings. The van der Waals surface area contributed by atoms with Gasteiger partial charge in [-0.05, 0) is 31.5 Å². The van der Waals surface area contributed by atoms with Crippen LogP contribution in [0.15, 0.2) is 36.4 Å². The fourth-order valence-electron chi connectivity index (χ4n) is 1.79. The van der Waals surface area contributed by atoms with E-state index >= 15 is 0 Å². The highest BCUT2D eigenvalue weighted by molar-refractivity contribution is 5.43. The summed E-state index contributed by atoms with van der Waals surface area (Å²) in [4.78, 5) is 0. The Bertz CT molecular complexity index is 597. The second-order valence-corrected chi connectivity index (χ2v) is 4.46. The Morgan fingerprint density at radius 3 is 2.58 bits per heavy atom. The lowest BCUT2D eigenvalue weighted by molar-refractivity contribution is 0.427. The maximum Gasteiger partial charge on any atom is 0.167 e. The third-order valence-corrected chi connectivity index (χ3v) is 2.85. The van der Waals surface area contributed by atoms with Crippen molar-refractivity contribution in [3.63, 3.8) is 0 Å². The molecule has 0 saturated heterocycles. The minimum absolute atomic E-state index is 0.0474. The van der Waals surface area contributed by atoms with Crippen molar-refractivity contribution in [3.8, 4) is 11.5 Å². The maximum atomic E-state index is 13.9. The highest BCUT2D eigenvalue weighted by Gasteiger charge is 2.15. The van der Waals surface area contributed by atoms with Crippen LogP contribution in [0.1, 0.15) is 24.1 Å². The molecular weight excluding hydrogens is 248 g/mol. The van der Waals surface area contributed by atoms with Crippen LogP contribution < -0.4 is 10.5 Å². The molecule has 0 aromatic heterocycles. The van der Waals surface area contributed by atoms with E-state index in [2.05, 4.69) is 0 Å². The van der Waals surface area contributed by atoms with Gasteiger partial charge in [0.05, 0.1) is 0 Å². The van der Waals surface area contributed by atoms with Gasteiger partial charge < -0.3 is 10.5 Å². The lowest BCUT2D eigenvalue weighted by Crippen LogP contribution is -2.08. The van der Waals surface area contributed by atoms with Crippen LogP contribution in [0.2, 0.25) is 0 Å². The van der Waals surface area contributed by atoms with Crippen molar-refractivity contribution in [2.75, 3.05) is 0 Å². The summed E-state index contributed by atoms with van der Waals surface area (Å²) in [6.45, 7) is 3.50. The zero-order valence-corrected chi connectivity index (χ0v) is 10.8. The minimum Gasteiger partial charge on any atom is -0.454 e. The third kappa shape index (κ3) is 2.90. The van der Waals surface area contributed by atoms with Gasteiger partial charge >= 0.3 is 0 Å². The van der Waals surface area contributed by atoms with Crippen LogP contribution in [0, 0.1) is 18.6 Å². The van der Waals surface area contributed by atoms with Gasteiger partial charge in [0.15, 0.2) is 11.6 Å². The molecule has 0 fully saturated rings. The van der Waals surface area contributed by atoms with Gasteiger partial charge in [0.1, 0.15) is 11.6 Å². The van der Waals surface area contributed by atoms with E-state index in [-0.39, 0.29) is 17.5 Å². The molecule has 4 heteroatoms. The number of hydrogen-bond donors (Lipinski definition) is 1. The van der Waals surface area contributed by atoms with E-state index < -0.39 is 11.6 Å². The number of ether oxygens (including phenoxy) is 1. The Kier molecular flexibility index (Phi) is 3.81. The van der Waals surface area contributed by atoms with Crippen molar-refractivity contribution in [1.82, 2.24) is 0 Å². The van der Waals surface area contributed by atoms with Gasteiger partial charge in [-0.25, -0.2) is 8.78 Å². The predicted octanol–water partition coefficient (Wildman–Crippen LogP) is 4.09. The van der Waals surface area contributed by atoms with Crippen LogP contribution in [-0.4, -0.2) is 0 Å². The van der Waals surface area contributed by atoms with Crippen LogP contribution in [0.3, 0.4) is 0 Å². The van der Waals surface area contributed by atoms with Crippen molar-refractivity contribution in [1.29, 1.82) is 0 Å². The zero-order chi connectivity index (χ0) is 14.0. The summed E-state index contributed by atoms with van der Waals surface area (Å²) in [5.74, 6) is -0.615. The van der Waals surface area contributed by atoms with Gasteiger partial charge in [-0.1, -0.05) is 18.2 Å². The molecule has 0 aliphatic carbocycles. The van der Waals surface area contributed by atoms with Crippen LogP contribution >= 0.6 is 0 Å². The molecule has 0 bridgehead atoms. The van der Waals surface area contributed by atoms with Gasteiger partial charge in [-0.2, -0.15) is 0 Å². The average Bonchev–Trinajstić information content (AvgIpc) is 2.35. The highest BCUT2D eigenvalue weighted by atomic mass is 19.1. The quantitative estimate of drug-likeness (QED) is 0.905. The zero-order valence-electron chi connectivity index (χ0n) is 10.8. The number of para-hydroxylation sites is 1. The summed E-state index contributed by atoms with van der Waals surface area (Å²) in [5.41, 5.74) is 7.05. The third-order valence-electron chi connectivity index (χ3n) is 2.85. The Labute approximate surface area is 110 Å². The molecule has 0 heterocycles. The molecule has 100 valence electrons. The molecule has 19 heavy (non-hydrogen) atoms. The van der Waals surface area contributed by atoms with Crippen molar-refractivity contribution in [3.05, 3.63) is 59.2 Å². The first-order valence-electron chi connectivity index (χ1n) is 5.97. The van der Waals surface area contributed by atoms with E-state index in [1.54, 1.807) is 32.0 Å². The summed E-state index contributed by atoms with van der Waals surface area (Å²) in [7, 11) is 0. The van der Waals surface area contributed by atoms with Crippen molar-refractivity contribution in [2.24, 2.45) is 5.73 Å². The van der Waals surface area contributed by atoms with E-state index in [4.69, 9.17) is 10.5 Å². The second-order valence-electron chi connectivity index (χ2n) is 4.46. The second kappa shape index (κ2) is 5.36. The molecule has 0 spiro atoms. The van der Waals surface area contributed by atoms with Crippen molar-refractivity contribution in [2.45, 2.75) is 19.9 Å². The number of nitrogens with two attached hydrogens (primary N) is 1. The minimum atomic E-state index is -0.515. The summed E-state index contributed by atoms with van der Waals surface area (Å²) in [5, 5.41) is 0. The summed E-state index contributed by atoms with van der Waals surface area (Å²) in [6, 6.07) is 8.31. The Balaban J connectivity index is 2.46. The average molecular weight is 263 g/mol. The standard InChI is InChI=1S/C15H15F2NO/c1-9-6-7-11(16)8-14(9)19-15-12(10(2)18)4-3-5-13(15)17/h3-8,10H,18H2,1-2H3/t10-/m1/s1. The first-order valence-corrected chi connectivity index (χ1v) is 5.97. The fraction of sp³-hybridized carbons (Fsp3) is 0.200. The fourth-order valence-corrected chi connectivity index (χ4v) is 1.79. The molecule has 0 saturated carbocycles. The molecule has 0 aliphatic heterocycles. The van der Waals surface area contributed by atoms with Crippen molar-refractivity contribution < 1.29 is 13.5 Å². The Morgan fingerprint density at radius 1 is 1.16 bits per heavy atom. The summed E-state index contributed by atoms with van der Waals surface area (Å²) in [6.07, 6.45) is 0. The largest absolute Gasteiger partial charge is 0.454 e. The maximum absolute atomic E-state index is 13.9. The van der Waals surface area contributed by atoms with Crippen molar-refractivity contribution >= 4 is 0 Å². The molecule has 2 nitrogen and oxygen atoms in total. The highest BCUT2D eigenvalue weighted by Crippen LogP contribution is 2.33. The first-order chi connectivity index (χ1) is 8.99. The molecule has 2 aromatic carbocycles. The van der Waals surface area contributed by atoms with E-state index in [0.29, 0.717) is 5.56 Å². The molecule has 2 aromatic rings. The van der Waals surface area contributed by atoms with Crippen LogP contribution in [0.25, 0.3) is 0 Å². The van der Waals surface area contributed by atoms with Crippen LogP contribution in [0.5, 0.6) is 11.5 Å². The van der Waals surface area contributed by atoms with Gasteiger partial charge in [0.2, 0.25) is 0 Å². The normalized spacial score (nSPS) is 12.3. The summed E-state index contributed by atoms with van der Waals surface area (Å²) < 4.78 is 32.6. The van der Waals surface area contributed by atoms with Gasteiger partial charge in [0.25, 0.3) is 0 Å². The van der Waals surface area contributed by atoms with Crippen LogP contribution in [0.4, 0.5) is 8.78 Å². The van der Waals surface area contributed by atoms with Crippen LogP contribution in [-0.2, 0) is 0 Å².